The van der Waals surface area contributed by atoms with E-state index >= 15 is 0 Å². The molecule has 0 bridgehead atoms. The van der Waals surface area contributed by atoms with Crippen LogP contribution in [0.3, 0.4) is 0 Å². The van der Waals surface area contributed by atoms with Crippen LogP contribution in [0.4, 0.5) is 0 Å². The quantitative estimate of drug-likeness (QED) is 0.525. The molecule has 4 rings (SSSR count). The number of amides is 1. The van der Waals surface area contributed by atoms with Crippen LogP contribution in [0, 0.1) is 0 Å². The summed E-state index contributed by atoms with van der Waals surface area (Å²) in [5, 5.41) is 9.30. The number of thiophene rings is 1. The van der Waals surface area contributed by atoms with E-state index in [0.717, 1.165) is 17.0 Å². The van der Waals surface area contributed by atoms with E-state index in [1.165, 1.54) is 11.3 Å². The highest BCUT2D eigenvalue weighted by atomic mass is 32.1. The fraction of sp³-hybridized carbons (Fsp3) is 0.0526. The van der Waals surface area contributed by atoms with Crippen LogP contribution in [0.5, 0.6) is 10.9 Å². The summed E-state index contributed by atoms with van der Waals surface area (Å²) < 4.78 is 5.60. The van der Waals surface area contributed by atoms with Gasteiger partial charge in [0, 0.05) is 40.5 Å². The van der Waals surface area contributed by atoms with E-state index in [4.69, 9.17) is 4.74 Å². The molecule has 4 aromatic rings. The van der Waals surface area contributed by atoms with Crippen molar-refractivity contribution in [2.45, 2.75) is 6.54 Å². The smallest absolute Gasteiger partial charge is 0.278 e. The number of thiazole rings is 1. The Morgan fingerprint density at radius 1 is 1.00 bits per heavy atom. The zero-order chi connectivity index (χ0) is 18.5. The van der Waals surface area contributed by atoms with Gasteiger partial charge in [0.1, 0.15) is 5.75 Å². The van der Waals surface area contributed by atoms with Crippen LogP contribution in [-0.2, 0) is 6.54 Å². The van der Waals surface area contributed by atoms with Crippen LogP contribution in [0.2, 0.25) is 0 Å². The van der Waals surface area contributed by atoms with Gasteiger partial charge in [0.2, 0.25) is 0 Å². The van der Waals surface area contributed by atoms with Crippen molar-refractivity contribution in [3.05, 3.63) is 76.3 Å². The summed E-state index contributed by atoms with van der Waals surface area (Å²) in [5.41, 5.74) is 3.06. The predicted molar refractivity (Wildman–Crippen MR) is 105 cm³/mol. The predicted octanol–water partition coefficient (Wildman–Crippen LogP) is 4.38. The number of hydrogen-bond acceptors (Lipinski definition) is 7. The average Bonchev–Trinajstić information content (AvgIpc) is 3.41. The summed E-state index contributed by atoms with van der Waals surface area (Å²) in [6.07, 6.45) is 4.96. The van der Waals surface area contributed by atoms with Crippen LogP contribution in [0.25, 0.3) is 11.3 Å². The van der Waals surface area contributed by atoms with Gasteiger partial charge < -0.3 is 10.1 Å². The Kier molecular flexibility index (Phi) is 5.17. The first-order valence-electron chi connectivity index (χ1n) is 8.07. The highest BCUT2D eigenvalue weighted by Crippen LogP contribution is 2.24. The van der Waals surface area contributed by atoms with E-state index in [1.54, 1.807) is 54.2 Å². The normalized spacial score (nSPS) is 10.5. The summed E-state index contributed by atoms with van der Waals surface area (Å²) >= 11 is 3.01. The first-order valence-corrected chi connectivity index (χ1v) is 9.90. The molecule has 1 N–H and O–H groups in total. The Labute approximate surface area is 163 Å². The van der Waals surface area contributed by atoms with Gasteiger partial charge in [-0.15, -0.1) is 0 Å². The molecule has 0 fully saturated rings. The lowest BCUT2D eigenvalue weighted by atomic mass is 10.1. The fourth-order valence-electron chi connectivity index (χ4n) is 2.44. The van der Waals surface area contributed by atoms with Gasteiger partial charge in [0.25, 0.3) is 11.1 Å². The van der Waals surface area contributed by atoms with Crippen molar-refractivity contribution in [2.75, 3.05) is 0 Å². The first-order chi connectivity index (χ1) is 13.3. The van der Waals surface area contributed by atoms with Crippen LogP contribution in [0.1, 0.15) is 16.1 Å². The van der Waals surface area contributed by atoms with Gasteiger partial charge in [-0.1, -0.05) is 11.3 Å². The van der Waals surface area contributed by atoms with E-state index in [1.807, 2.05) is 22.2 Å². The average molecular weight is 394 g/mol. The number of aromatic nitrogens is 3. The number of carbonyl (C=O) groups excluding carboxylic acids is 1. The molecule has 0 spiro atoms. The molecule has 6 nitrogen and oxygen atoms in total. The first kappa shape index (κ1) is 17.3. The van der Waals surface area contributed by atoms with E-state index in [-0.39, 0.29) is 5.91 Å². The number of nitrogens with one attached hydrogen (secondary N) is 1. The van der Waals surface area contributed by atoms with Crippen molar-refractivity contribution in [1.29, 1.82) is 0 Å². The molecule has 27 heavy (non-hydrogen) atoms. The largest absolute Gasteiger partial charge is 0.431 e. The minimum absolute atomic E-state index is 0.183. The molecule has 0 aliphatic rings. The molecule has 0 atom stereocenters. The van der Waals surface area contributed by atoms with Gasteiger partial charge in [-0.05, 0) is 35.7 Å². The third-order valence-corrected chi connectivity index (χ3v) is 5.05. The molecule has 0 radical (unpaired) electrons. The lowest BCUT2D eigenvalue weighted by Crippen LogP contribution is -2.23. The molecule has 0 unspecified atom stereocenters. The SMILES string of the molecule is O=C(NCc1nccnc1-c1ccsc1)c1ccc(Oc2nccs2)cc1. The third-order valence-electron chi connectivity index (χ3n) is 3.72. The Hall–Kier alpha value is -3.10. The Bertz CT molecular complexity index is 1020. The fourth-order valence-corrected chi connectivity index (χ4v) is 3.58. The van der Waals surface area contributed by atoms with Crippen LogP contribution < -0.4 is 10.1 Å². The summed E-state index contributed by atoms with van der Waals surface area (Å²) in [6, 6.07) is 8.91. The van der Waals surface area contributed by atoms with Crippen molar-refractivity contribution in [3.8, 4) is 22.2 Å². The van der Waals surface area contributed by atoms with Crippen molar-refractivity contribution in [2.24, 2.45) is 0 Å². The molecular weight excluding hydrogens is 380 g/mol. The van der Waals surface area contributed by atoms with Gasteiger partial charge in [-0.2, -0.15) is 11.3 Å². The van der Waals surface area contributed by atoms with Crippen molar-refractivity contribution in [3.63, 3.8) is 0 Å². The third kappa shape index (κ3) is 4.18. The minimum Gasteiger partial charge on any atom is -0.431 e. The second-order valence-corrected chi connectivity index (χ2v) is 7.11. The molecule has 3 heterocycles. The molecule has 8 heteroatoms. The van der Waals surface area contributed by atoms with Crippen molar-refractivity contribution < 1.29 is 9.53 Å². The molecule has 3 aromatic heterocycles. The number of nitrogens with zero attached hydrogens (tertiary/aromatic N) is 3. The number of benzene rings is 1. The van der Waals surface area contributed by atoms with Gasteiger partial charge in [0.15, 0.2) is 0 Å². The van der Waals surface area contributed by atoms with Crippen molar-refractivity contribution >= 4 is 28.6 Å². The molecular formula is C19H14N4O2S2. The molecule has 134 valence electrons. The summed E-state index contributed by atoms with van der Waals surface area (Å²) in [4.78, 5) is 25.3. The molecule has 0 aliphatic heterocycles. The molecule has 1 aromatic carbocycles. The van der Waals surface area contributed by atoms with Crippen molar-refractivity contribution in [1.82, 2.24) is 20.3 Å². The van der Waals surface area contributed by atoms with Crippen LogP contribution >= 0.6 is 22.7 Å². The second-order valence-electron chi connectivity index (χ2n) is 5.47. The number of hydrogen-bond donors (Lipinski definition) is 1. The van der Waals surface area contributed by atoms with Gasteiger partial charge in [0.05, 0.1) is 17.9 Å². The Morgan fingerprint density at radius 3 is 2.59 bits per heavy atom. The number of rotatable bonds is 6. The van der Waals surface area contributed by atoms with Crippen LogP contribution in [-0.4, -0.2) is 20.9 Å². The minimum atomic E-state index is -0.183. The second kappa shape index (κ2) is 8.07. The maximum atomic E-state index is 12.4. The monoisotopic (exact) mass is 394 g/mol. The highest BCUT2D eigenvalue weighted by Gasteiger charge is 2.11. The van der Waals surface area contributed by atoms with E-state index in [2.05, 4.69) is 20.3 Å². The zero-order valence-corrected chi connectivity index (χ0v) is 15.7. The van der Waals surface area contributed by atoms with Crippen LogP contribution in [0.15, 0.2) is 65.1 Å². The van der Waals surface area contributed by atoms with E-state index < -0.39 is 0 Å². The van der Waals surface area contributed by atoms with Gasteiger partial charge in [-0.25, -0.2) is 4.98 Å². The number of ether oxygens (including phenoxy) is 1. The molecule has 0 saturated heterocycles. The molecule has 0 saturated carbocycles. The molecule has 0 aliphatic carbocycles. The lowest BCUT2D eigenvalue weighted by Gasteiger charge is -2.08. The van der Waals surface area contributed by atoms with Gasteiger partial charge >= 0.3 is 0 Å². The molecule has 1 amide bonds. The highest BCUT2D eigenvalue weighted by molar-refractivity contribution is 7.11. The topological polar surface area (TPSA) is 77.0 Å². The Morgan fingerprint density at radius 2 is 1.85 bits per heavy atom. The summed E-state index contributed by atoms with van der Waals surface area (Å²) in [5.74, 6) is 0.452. The zero-order valence-electron chi connectivity index (χ0n) is 14.0. The Balaban J connectivity index is 1.41. The van der Waals surface area contributed by atoms with E-state index in [9.17, 15) is 4.79 Å². The standard InChI is InChI=1S/C19H14N4O2S2/c24-18(13-1-3-15(4-2-13)25-19-22-8-10-27-19)23-11-16-17(21-7-6-20-16)14-5-9-26-12-14/h1-10,12H,11H2,(H,23,24). The summed E-state index contributed by atoms with van der Waals surface area (Å²) in [6.45, 7) is 0.301. The maximum absolute atomic E-state index is 12.4. The maximum Gasteiger partial charge on any atom is 0.278 e. The van der Waals surface area contributed by atoms with E-state index in [0.29, 0.717) is 23.1 Å². The summed E-state index contributed by atoms with van der Waals surface area (Å²) in [7, 11) is 0. The van der Waals surface area contributed by atoms with Gasteiger partial charge in [-0.3, -0.25) is 14.8 Å². The lowest BCUT2D eigenvalue weighted by molar-refractivity contribution is 0.0950. The number of carbonyl (C=O) groups is 1.